The summed E-state index contributed by atoms with van der Waals surface area (Å²) < 4.78 is 5.80. The average molecular weight is 539 g/mol. The van der Waals surface area contributed by atoms with Crippen LogP contribution in [0.1, 0.15) is 89.2 Å². The van der Waals surface area contributed by atoms with Gasteiger partial charge in [-0.05, 0) is 79.2 Å². The predicted molar refractivity (Wildman–Crippen MR) is 165 cm³/mol. The van der Waals surface area contributed by atoms with Crippen molar-refractivity contribution >= 4 is 23.5 Å². The van der Waals surface area contributed by atoms with E-state index in [2.05, 4.69) is 112 Å². The first kappa shape index (κ1) is 26.5. The molecule has 4 aliphatic carbocycles. The third-order valence-corrected chi connectivity index (χ3v) is 12.3. The van der Waals surface area contributed by atoms with Crippen molar-refractivity contribution in [1.82, 2.24) is 5.20 Å². The minimum Gasteiger partial charge on any atom is -0.248 e. The maximum Gasteiger partial charge on any atom is 0.131 e. The van der Waals surface area contributed by atoms with E-state index >= 15 is 0 Å². The largest absolute Gasteiger partial charge is 0.248 e. The van der Waals surface area contributed by atoms with Gasteiger partial charge in [-0.1, -0.05) is 112 Å². The van der Waals surface area contributed by atoms with Crippen LogP contribution in [0.25, 0.3) is 0 Å². The fourth-order valence-corrected chi connectivity index (χ4v) is 10.6. The molecule has 0 saturated heterocycles. The summed E-state index contributed by atoms with van der Waals surface area (Å²) in [5.74, 6) is 3.26. The highest BCUT2D eigenvalue weighted by molar-refractivity contribution is 7.79. The highest BCUT2D eigenvalue weighted by Gasteiger charge is 2.51. The Labute approximate surface area is 234 Å². The molecule has 204 valence electrons. The quantitative estimate of drug-likeness (QED) is 0.173. The molecule has 0 amide bonds. The van der Waals surface area contributed by atoms with Gasteiger partial charge in [0.15, 0.2) is 0 Å². The van der Waals surface area contributed by atoms with Gasteiger partial charge in [0.05, 0.1) is 11.2 Å². The van der Waals surface area contributed by atoms with E-state index in [0.29, 0.717) is 11.8 Å². The molecule has 39 heavy (non-hydrogen) atoms. The van der Waals surface area contributed by atoms with Crippen molar-refractivity contribution in [2.45, 2.75) is 83.6 Å². The second-order valence-corrected chi connectivity index (χ2v) is 15.6. The highest BCUT2D eigenvalue weighted by Crippen LogP contribution is 2.57. The number of hydrogen-bond acceptors (Lipinski definition) is 3. The van der Waals surface area contributed by atoms with E-state index in [1.54, 1.807) is 0 Å². The van der Waals surface area contributed by atoms with Gasteiger partial charge >= 0.3 is 0 Å². The number of benzene rings is 3. The lowest BCUT2D eigenvalue weighted by Crippen LogP contribution is -2.49. The lowest BCUT2D eigenvalue weighted by atomic mass is 9.53. The van der Waals surface area contributed by atoms with E-state index in [0.717, 1.165) is 23.4 Å². The zero-order chi connectivity index (χ0) is 27.0. The normalized spacial score (nSPS) is 26.1. The molecule has 0 aliphatic heterocycles. The number of rotatable bonds is 8. The predicted octanol–water partition coefficient (Wildman–Crippen LogP) is 9.26. The molecule has 0 heterocycles. The van der Waals surface area contributed by atoms with E-state index < -0.39 is 7.21 Å². The zero-order valence-electron chi connectivity index (χ0n) is 23.9. The Morgan fingerprint density at radius 3 is 1.56 bits per heavy atom. The summed E-state index contributed by atoms with van der Waals surface area (Å²) in [4.78, 5) is 0. The smallest absolute Gasteiger partial charge is 0.131 e. The van der Waals surface area contributed by atoms with Crippen LogP contribution in [0, 0.1) is 17.8 Å². The summed E-state index contributed by atoms with van der Waals surface area (Å²) >= 11 is 0. The Hall–Kier alpha value is -2.71. The van der Waals surface area contributed by atoms with Gasteiger partial charge in [-0.2, -0.15) is 5.11 Å². The first-order chi connectivity index (χ1) is 18.9. The SMILES string of the molecule is CC(C)c1cccc(C(C)C)c1N=P(NN=NC12CC3CC(CC(C3)C1)C2)(c1ccccc1)c1ccccc1. The average Bonchev–Trinajstić information content (AvgIpc) is 2.92. The molecule has 0 radical (unpaired) electrons. The number of hydrogen-bond donors (Lipinski definition) is 1. The van der Waals surface area contributed by atoms with Gasteiger partial charge in [-0.3, -0.25) is 0 Å². The van der Waals surface area contributed by atoms with Crippen molar-refractivity contribution < 1.29 is 0 Å². The van der Waals surface area contributed by atoms with Gasteiger partial charge in [0.1, 0.15) is 7.21 Å². The summed E-state index contributed by atoms with van der Waals surface area (Å²) in [6.45, 7) is 9.07. The molecule has 5 heteroatoms. The monoisotopic (exact) mass is 538 g/mol. The second-order valence-electron chi connectivity index (χ2n) is 12.9. The van der Waals surface area contributed by atoms with E-state index in [1.807, 2.05) is 0 Å². The van der Waals surface area contributed by atoms with Crippen LogP contribution in [0.2, 0.25) is 0 Å². The molecular weight excluding hydrogens is 495 g/mol. The van der Waals surface area contributed by atoms with Crippen LogP contribution in [0.5, 0.6) is 0 Å². The van der Waals surface area contributed by atoms with Crippen molar-refractivity contribution in [3.05, 3.63) is 90.0 Å². The summed E-state index contributed by atoms with van der Waals surface area (Å²) in [6.07, 6.45) is 7.84. The van der Waals surface area contributed by atoms with Gasteiger partial charge in [-0.15, -0.1) is 0 Å². The molecule has 1 N–H and O–H groups in total. The Bertz CT molecular complexity index is 1270. The van der Waals surface area contributed by atoms with Crippen LogP contribution in [0.4, 0.5) is 5.69 Å². The molecular formula is C34H43N4P. The van der Waals surface area contributed by atoms with Crippen LogP contribution in [0.15, 0.2) is 93.9 Å². The summed E-state index contributed by atoms with van der Waals surface area (Å²) in [5, 5.41) is 16.2. The first-order valence-electron chi connectivity index (χ1n) is 14.9. The Balaban J connectivity index is 1.53. The molecule has 7 rings (SSSR count). The topological polar surface area (TPSA) is 49.1 Å². The Morgan fingerprint density at radius 1 is 0.667 bits per heavy atom. The lowest BCUT2D eigenvalue weighted by Gasteiger charge is -2.54. The Kier molecular flexibility index (Phi) is 7.27. The Morgan fingerprint density at radius 2 is 1.13 bits per heavy atom. The molecule has 4 saturated carbocycles. The second kappa shape index (κ2) is 10.7. The molecule has 0 aromatic heterocycles. The standard InChI is InChI=1S/C34H43N4P/c1-24(2)31-16-11-17-32(25(3)4)33(31)35-39(29-12-7-5-8-13-29,30-14-9-6-10-15-30)38-37-36-34-21-26-18-27(22-34)20-28(19-26)23-34/h5-17,24-28H,18-23H2,1-4H3,(H,36,38). The summed E-state index contributed by atoms with van der Waals surface area (Å²) in [6, 6.07) is 28.2. The molecule has 0 unspecified atom stereocenters. The third kappa shape index (κ3) is 5.13. The molecule has 0 atom stereocenters. The molecule has 4 bridgehead atoms. The lowest BCUT2D eigenvalue weighted by molar-refractivity contribution is -0.00234. The third-order valence-electron chi connectivity index (χ3n) is 9.31. The van der Waals surface area contributed by atoms with Crippen LogP contribution in [-0.4, -0.2) is 5.54 Å². The molecule has 3 aromatic carbocycles. The molecule has 3 aromatic rings. The van der Waals surface area contributed by atoms with E-state index in [-0.39, 0.29) is 5.54 Å². The summed E-state index contributed by atoms with van der Waals surface area (Å²) in [5.41, 5.74) is 3.71. The van der Waals surface area contributed by atoms with Crippen molar-refractivity contribution in [2.75, 3.05) is 0 Å². The first-order valence-corrected chi connectivity index (χ1v) is 16.7. The van der Waals surface area contributed by atoms with E-state index in [1.165, 1.54) is 60.3 Å². The van der Waals surface area contributed by atoms with E-state index in [9.17, 15) is 0 Å². The van der Waals surface area contributed by atoms with Crippen LogP contribution >= 0.6 is 7.21 Å². The molecule has 4 fully saturated rings. The molecule has 4 nitrogen and oxygen atoms in total. The maximum atomic E-state index is 5.80. The molecule has 4 aliphatic rings. The van der Waals surface area contributed by atoms with Crippen molar-refractivity contribution in [1.29, 1.82) is 0 Å². The van der Waals surface area contributed by atoms with Gasteiger partial charge in [-0.25, -0.2) is 9.94 Å². The van der Waals surface area contributed by atoms with Crippen molar-refractivity contribution in [2.24, 2.45) is 32.8 Å². The highest BCUT2D eigenvalue weighted by atomic mass is 31.2. The van der Waals surface area contributed by atoms with Crippen LogP contribution < -0.4 is 15.8 Å². The fourth-order valence-electron chi connectivity index (χ4n) is 7.85. The maximum absolute atomic E-state index is 5.80. The number of nitrogens with zero attached hydrogens (tertiary/aromatic N) is 3. The van der Waals surface area contributed by atoms with Gasteiger partial charge in [0.2, 0.25) is 0 Å². The van der Waals surface area contributed by atoms with Gasteiger partial charge in [0, 0.05) is 10.6 Å². The van der Waals surface area contributed by atoms with Crippen molar-refractivity contribution in [3.63, 3.8) is 0 Å². The van der Waals surface area contributed by atoms with Crippen LogP contribution in [-0.2, 0) is 0 Å². The van der Waals surface area contributed by atoms with E-state index in [4.69, 9.17) is 15.1 Å². The molecule has 0 spiro atoms. The minimum atomic E-state index is -2.55. The summed E-state index contributed by atoms with van der Waals surface area (Å²) in [7, 11) is -2.55. The fraction of sp³-hybridized carbons (Fsp3) is 0.471. The van der Waals surface area contributed by atoms with Crippen molar-refractivity contribution in [3.8, 4) is 0 Å². The number of nitrogens with one attached hydrogen (secondary N) is 1. The van der Waals surface area contributed by atoms with Crippen LogP contribution in [0.3, 0.4) is 0 Å². The zero-order valence-corrected chi connectivity index (χ0v) is 24.8. The van der Waals surface area contributed by atoms with Gasteiger partial charge < -0.3 is 0 Å². The minimum absolute atomic E-state index is 0.0176. The van der Waals surface area contributed by atoms with Gasteiger partial charge in [0.25, 0.3) is 0 Å².